The van der Waals surface area contributed by atoms with Gasteiger partial charge in [-0.15, -0.1) is 11.3 Å². The number of rotatable bonds is 8. The molecule has 1 atom stereocenters. The van der Waals surface area contributed by atoms with Crippen molar-refractivity contribution < 1.29 is 14.3 Å². The maximum Gasteiger partial charge on any atom is 0.246 e. The first kappa shape index (κ1) is 22.0. The summed E-state index contributed by atoms with van der Waals surface area (Å²) in [5.41, 5.74) is 1.82. The molecular weight excluding hydrogens is 398 g/mol. The lowest BCUT2D eigenvalue weighted by molar-refractivity contribution is -0.129. The van der Waals surface area contributed by atoms with Gasteiger partial charge >= 0.3 is 0 Å². The van der Waals surface area contributed by atoms with Gasteiger partial charge in [-0.25, -0.2) is 4.98 Å². The van der Waals surface area contributed by atoms with E-state index in [-0.39, 0.29) is 17.9 Å². The largest absolute Gasteiger partial charge is 0.487 e. The van der Waals surface area contributed by atoms with Gasteiger partial charge in [0.1, 0.15) is 12.4 Å². The topological polar surface area (TPSA) is 71.5 Å². The third-order valence-corrected chi connectivity index (χ3v) is 5.73. The van der Waals surface area contributed by atoms with Crippen LogP contribution in [0.1, 0.15) is 48.9 Å². The van der Waals surface area contributed by atoms with E-state index in [1.165, 1.54) is 0 Å². The minimum Gasteiger partial charge on any atom is -0.487 e. The maximum atomic E-state index is 12.6. The van der Waals surface area contributed by atoms with Gasteiger partial charge in [-0.2, -0.15) is 0 Å². The summed E-state index contributed by atoms with van der Waals surface area (Å²) in [6, 6.07) is 7.69. The molecule has 160 valence electrons. The van der Waals surface area contributed by atoms with E-state index in [4.69, 9.17) is 4.74 Å². The molecule has 1 aromatic carbocycles. The molecule has 1 aromatic heterocycles. The molecular formula is C23H29N3O3S. The van der Waals surface area contributed by atoms with E-state index in [2.05, 4.69) is 10.3 Å². The fraction of sp³-hybridized carbons (Fsp3) is 0.435. The van der Waals surface area contributed by atoms with Crippen LogP contribution in [0.4, 0.5) is 0 Å². The van der Waals surface area contributed by atoms with Crippen LogP contribution in [0.2, 0.25) is 0 Å². The number of hydrogen-bond acceptors (Lipinski definition) is 5. The first-order chi connectivity index (χ1) is 14.5. The van der Waals surface area contributed by atoms with Crippen LogP contribution in [0.25, 0.3) is 6.08 Å². The van der Waals surface area contributed by atoms with E-state index in [0.717, 1.165) is 47.8 Å². The first-order valence-corrected chi connectivity index (χ1v) is 11.3. The third-order valence-electron chi connectivity index (χ3n) is 4.90. The van der Waals surface area contributed by atoms with Crippen LogP contribution < -0.4 is 10.1 Å². The van der Waals surface area contributed by atoms with Crippen LogP contribution in [0, 0.1) is 6.92 Å². The number of nitrogens with zero attached hydrogens (tertiary/aromatic N) is 2. The highest BCUT2D eigenvalue weighted by Crippen LogP contribution is 2.18. The summed E-state index contributed by atoms with van der Waals surface area (Å²) < 4.78 is 5.81. The monoisotopic (exact) mass is 427 g/mol. The van der Waals surface area contributed by atoms with Crippen molar-refractivity contribution in [2.75, 3.05) is 13.1 Å². The number of hydrogen-bond donors (Lipinski definition) is 1. The zero-order chi connectivity index (χ0) is 21.3. The van der Waals surface area contributed by atoms with E-state index in [0.29, 0.717) is 19.6 Å². The number of nitrogens with one attached hydrogen (secondary N) is 1. The number of carbonyl (C=O) groups excluding carboxylic acids is 2. The predicted molar refractivity (Wildman–Crippen MR) is 119 cm³/mol. The fourth-order valence-corrected chi connectivity index (χ4v) is 4.03. The molecule has 0 bridgehead atoms. The van der Waals surface area contributed by atoms with E-state index in [1.54, 1.807) is 17.4 Å². The van der Waals surface area contributed by atoms with Gasteiger partial charge in [-0.05, 0) is 50.0 Å². The lowest BCUT2D eigenvalue weighted by Crippen LogP contribution is -2.49. The van der Waals surface area contributed by atoms with Crippen LogP contribution in [0.15, 0.2) is 35.7 Å². The van der Waals surface area contributed by atoms with E-state index >= 15 is 0 Å². The van der Waals surface area contributed by atoms with Gasteiger partial charge in [0, 0.05) is 37.0 Å². The van der Waals surface area contributed by atoms with Crippen molar-refractivity contribution in [3.05, 3.63) is 52.0 Å². The lowest BCUT2D eigenvalue weighted by atomic mass is 10.1. The molecule has 2 heterocycles. The molecule has 0 radical (unpaired) electrons. The first-order valence-electron chi connectivity index (χ1n) is 10.4. The number of ether oxygens (including phenoxy) is 1. The highest BCUT2D eigenvalue weighted by Gasteiger charge is 2.23. The van der Waals surface area contributed by atoms with Crippen LogP contribution in [-0.4, -0.2) is 40.8 Å². The molecule has 1 aliphatic heterocycles. The predicted octanol–water partition coefficient (Wildman–Crippen LogP) is 3.95. The molecule has 2 aromatic rings. The van der Waals surface area contributed by atoms with E-state index in [9.17, 15) is 9.59 Å². The van der Waals surface area contributed by atoms with Crippen LogP contribution in [0.3, 0.4) is 0 Å². The van der Waals surface area contributed by atoms with Gasteiger partial charge in [-0.3, -0.25) is 9.59 Å². The van der Waals surface area contributed by atoms with E-state index < -0.39 is 0 Å². The number of amides is 2. The Bertz CT molecular complexity index is 893. The molecule has 3 rings (SSSR count). The third kappa shape index (κ3) is 6.69. The van der Waals surface area contributed by atoms with Crippen molar-refractivity contribution in [1.29, 1.82) is 0 Å². The van der Waals surface area contributed by atoms with Crippen molar-refractivity contribution in [3.8, 4) is 5.75 Å². The van der Waals surface area contributed by atoms with Crippen molar-refractivity contribution in [3.63, 3.8) is 0 Å². The van der Waals surface area contributed by atoms with Gasteiger partial charge in [0.15, 0.2) is 0 Å². The molecule has 6 nitrogen and oxygen atoms in total. The normalized spacial score (nSPS) is 16.6. The number of carbonyl (C=O) groups is 2. The molecule has 1 N–H and O–H groups in total. The summed E-state index contributed by atoms with van der Waals surface area (Å²) in [5.74, 6) is 0.776. The van der Waals surface area contributed by atoms with Crippen LogP contribution >= 0.6 is 11.3 Å². The smallest absolute Gasteiger partial charge is 0.246 e. The summed E-state index contributed by atoms with van der Waals surface area (Å²) in [5, 5.41) is 6.05. The Morgan fingerprint density at radius 2 is 2.27 bits per heavy atom. The van der Waals surface area contributed by atoms with Gasteiger partial charge in [0.25, 0.3) is 0 Å². The second-order valence-corrected chi connectivity index (χ2v) is 8.56. The van der Waals surface area contributed by atoms with Crippen molar-refractivity contribution in [2.24, 2.45) is 0 Å². The highest BCUT2D eigenvalue weighted by molar-refractivity contribution is 7.09. The SMILES string of the molecule is CCCC(=O)NC1CCCN(C(=O)/C=C/c2cccc(OCc3csc(C)n3)c2)C1. The number of benzene rings is 1. The average Bonchev–Trinajstić information content (AvgIpc) is 3.16. The quantitative estimate of drug-likeness (QED) is 0.648. The number of thiazole rings is 1. The molecule has 7 heteroatoms. The Labute approximate surface area is 182 Å². The lowest BCUT2D eigenvalue weighted by Gasteiger charge is -2.32. The molecule has 1 fully saturated rings. The van der Waals surface area contributed by atoms with Crippen LogP contribution in [0.5, 0.6) is 5.75 Å². The standard InChI is InChI=1S/C23H29N3O3S/c1-3-6-22(27)25-19-8-5-12-26(14-19)23(28)11-10-18-7-4-9-21(13-18)29-15-20-16-30-17(2)24-20/h4,7,9-11,13,16,19H,3,5-6,8,12,14-15H2,1-2H3,(H,25,27)/b11-10+. The Kier molecular flexibility index (Phi) is 8.02. The van der Waals surface area contributed by atoms with Crippen molar-refractivity contribution in [1.82, 2.24) is 15.2 Å². The summed E-state index contributed by atoms with van der Waals surface area (Å²) in [7, 11) is 0. The Hall–Kier alpha value is -2.67. The fourth-order valence-electron chi connectivity index (χ4n) is 3.43. The second kappa shape index (κ2) is 10.9. The molecule has 1 saturated heterocycles. The number of aryl methyl sites for hydroxylation is 1. The molecule has 0 saturated carbocycles. The zero-order valence-electron chi connectivity index (χ0n) is 17.6. The van der Waals surface area contributed by atoms with Crippen molar-refractivity contribution in [2.45, 2.75) is 52.2 Å². The molecule has 2 amide bonds. The molecule has 0 aliphatic carbocycles. The second-order valence-electron chi connectivity index (χ2n) is 7.49. The number of likely N-dealkylation sites (tertiary alicyclic amines) is 1. The molecule has 1 aliphatic rings. The summed E-state index contributed by atoms with van der Waals surface area (Å²) >= 11 is 1.61. The average molecular weight is 428 g/mol. The Morgan fingerprint density at radius 1 is 1.40 bits per heavy atom. The maximum absolute atomic E-state index is 12.6. The van der Waals surface area contributed by atoms with Crippen molar-refractivity contribution >= 4 is 29.2 Å². The Morgan fingerprint density at radius 3 is 3.03 bits per heavy atom. The highest BCUT2D eigenvalue weighted by atomic mass is 32.1. The summed E-state index contributed by atoms with van der Waals surface area (Å²) in [4.78, 5) is 30.7. The minimum absolute atomic E-state index is 0.0336. The minimum atomic E-state index is -0.0336. The van der Waals surface area contributed by atoms with Gasteiger partial charge in [0.05, 0.1) is 10.7 Å². The van der Waals surface area contributed by atoms with E-state index in [1.807, 2.05) is 54.5 Å². The number of piperidine rings is 1. The zero-order valence-corrected chi connectivity index (χ0v) is 18.4. The van der Waals surface area contributed by atoms with Gasteiger partial charge in [0.2, 0.25) is 11.8 Å². The summed E-state index contributed by atoms with van der Waals surface area (Å²) in [6.45, 7) is 5.67. The molecule has 1 unspecified atom stereocenters. The van der Waals surface area contributed by atoms with Crippen LogP contribution in [-0.2, 0) is 16.2 Å². The number of aromatic nitrogens is 1. The Balaban J connectivity index is 1.53. The van der Waals surface area contributed by atoms with Gasteiger partial charge < -0.3 is 15.0 Å². The molecule has 0 spiro atoms. The molecule has 30 heavy (non-hydrogen) atoms. The summed E-state index contributed by atoms with van der Waals surface area (Å²) in [6.07, 6.45) is 6.58. The van der Waals surface area contributed by atoms with Gasteiger partial charge in [-0.1, -0.05) is 19.1 Å².